The fourth-order valence-electron chi connectivity index (χ4n) is 1.61. The van der Waals surface area contributed by atoms with Crippen LogP contribution in [0.2, 0.25) is 0 Å². The second kappa shape index (κ2) is 5.39. The molecule has 0 N–H and O–H groups in total. The van der Waals surface area contributed by atoms with Crippen LogP contribution in [0, 0.1) is 0 Å². The van der Waals surface area contributed by atoms with Gasteiger partial charge in [-0.3, -0.25) is 9.63 Å². The molecule has 3 nitrogen and oxygen atoms in total. The van der Waals surface area contributed by atoms with Crippen LogP contribution in [-0.4, -0.2) is 30.5 Å². The van der Waals surface area contributed by atoms with Crippen LogP contribution >= 0.6 is 11.3 Å². The van der Waals surface area contributed by atoms with Gasteiger partial charge in [0.25, 0.3) is 0 Å². The number of carbonyl (C=O) groups is 1. The Morgan fingerprint density at radius 1 is 1.53 bits per heavy atom. The summed E-state index contributed by atoms with van der Waals surface area (Å²) in [6, 6.07) is 3.79. The third-order valence-electron chi connectivity index (χ3n) is 2.46. The lowest BCUT2D eigenvalue weighted by atomic mass is 10.2. The SMILES string of the molecule is O=C(CCN1CCCCO1)c1cccs1. The van der Waals surface area contributed by atoms with Crippen molar-refractivity contribution in [1.29, 1.82) is 0 Å². The first-order valence-electron chi connectivity index (χ1n) is 5.31. The van der Waals surface area contributed by atoms with Crippen LogP contribution in [0.15, 0.2) is 17.5 Å². The molecule has 82 valence electrons. The Labute approximate surface area is 93.6 Å². The van der Waals surface area contributed by atoms with Gasteiger partial charge in [-0.05, 0) is 24.3 Å². The van der Waals surface area contributed by atoms with Gasteiger partial charge < -0.3 is 0 Å². The Morgan fingerprint density at radius 2 is 2.47 bits per heavy atom. The summed E-state index contributed by atoms with van der Waals surface area (Å²) in [6.45, 7) is 2.47. The minimum Gasteiger partial charge on any atom is -0.299 e. The number of thiophene rings is 1. The van der Waals surface area contributed by atoms with Crippen LogP contribution in [-0.2, 0) is 4.84 Å². The van der Waals surface area contributed by atoms with E-state index in [2.05, 4.69) is 0 Å². The number of hydrogen-bond donors (Lipinski definition) is 0. The molecule has 0 aliphatic carbocycles. The molecule has 1 aromatic rings. The summed E-state index contributed by atoms with van der Waals surface area (Å²) in [7, 11) is 0. The van der Waals surface area contributed by atoms with E-state index in [0.29, 0.717) is 6.42 Å². The second-order valence-corrected chi connectivity index (χ2v) is 4.57. The number of carbonyl (C=O) groups excluding carboxylic acids is 1. The van der Waals surface area contributed by atoms with Gasteiger partial charge in [-0.2, -0.15) is 5.06 Å². The molecule has 0 spiro atoms. The van der Waals surface area contributed by atoms with Gasteiger partial charge in [-0.25, -0.2) is 0 Å². The predicted octanol–water partition coefficient (Wildman–Crippen LogP) is 2.35. The summed E-state index contributed by atoms with van der Waals surface area (Å²) in [4.78, 5) is 18.0. The molecule has 0 amide bonds. The molecule has 2 heterocycles. The zero-order chi connectivity index (χ0) is 10.5. The van der Waals surface area contributed by atoms with Crippen molar-refractivity contribution < 1.29 is 9.63 Å². The van der Waals surface area contributed by atoms with Gasteiger partial charge in [0.1, 0.15) is 0 Å². The van der Waals surface area contributed by atoms with Crippen molar-refractivity contribution in [3.05, 3.63) is 22.4 Å². The molecule has 0 unspecified atom stereocenters. The van der Waals surface area contributed by atoms with Crippen LogP contribution < -0.4 is 0 Å². The standard InChI is InChI=1S/C11H15NO2S/c13-10(11-4-3-9-15-11)5-7-12-6-1-2-8-14-12/h3-4,9H,1-2,5-8H2. The quantitative estimate of drug-likeness (QED) is 0.737. The van der Waals surface area contributed by atoms with Crippen molar-refractivity contribution in [2.24, 2.45) is 0 Å². The lowest BCUT2D eigenvalue weighted by Crippen LogP contribution is -2.31. The first kappa shape index (κ1) is 10.8. The first-order valence-corrected chi connectivity index (χ1v) is 6.19. The summed E-state index contributed by atoms with van der Waals surface area (Å²) in [5.41, 5.74) is 0. The van der Waals surface area contributed by atoms with Gasteiger partial charge in [0.15, 0.2) is 5.78 Å². The average Bonchev–Trinajstić information content (AvgIpc) is 2.81. The van der Waals surface area contributed by atoms with Gasteiger partial charge in [-0.1, -0.05) is 6.07 Å². The maximum atomic E-state index is 11.7. The van der Waals surface area contributed by atoms with E-state index >= 15 is 0 Å². The van der Waals surface area contributed by atoms with Crippen molar-refractivity contribution in [3.8, 4) is 0 Å². The third kappa shape index (κ3) is 3.12. The maximum absolute atomic E-state index is 11.7. The van der Waals surface area contributed by atoms with Crippen LogP contribution in [0.4, 0.5) is 0 Å². The highest BCUT2D eigenvalue weighted by molar-refractivity contribution is 7.12. The van der Waals surface area contributed by atoms with Gasteiger partial charge in [0.2, 0.25) is 0 Å². The molecule has 0 atom stereocenters. The minimum absolute atomic E-state index is 0.221. The van der Waals surface area contributed by atoms with Crippen molar-refractivity contribution in [1.82, 2.24) is 5.06 Å². The molecule has 1 saturated heterocycles. The molecule has 0 radical (unpaired) electrons. The molecule has 2 rings (SSSR count). The number of hydrogen-bond acceptors (Lipinski definition) is 4. The molecule has 1 fully saturated rings. The van der Waals surface area contributed by atoms with Crippen molar-refractivity contribution in [2.45, 2.75) is 19.3 Å². The summed E-state index contributed by atoms with van der Waals surface area (Å²) >= 11 is 1.51. The Kier molecular flexibility index (Phi) is 3.88. The molecule has 1 aliphatic rings. The highest BCUT2D eigenvalue weighted by Crippen LogP contribution is 2.12. The van der Waals surface area contributed by atoms with Gasteiger partial charge in [0, 0.05) is 19.5 Å². The Bertz CT molecular complexity index is 304. The molecule has 4 heteroatoms. The number of hydroxylamine groups is 2. The second-order valence-electron chi connectivity index (χ2n) is 3.62. The van der Waals surface area contributed by atoms with E-state index in [1.54, 1.807) is 0 Å². The Balaban J connectivity index is 1.75. The summed E-state index contributed by atoms with van der Waals surface area (Å²) in [5, 5.41) is 3.85. The fraction of sp³-hybridized carbons (Fsp3) is 0.545. The first-order chi connectivity index (χ1) is 7.36. The zero-order valence-electron chi connectivity index (χ0n) is 8.65. The lowest BCUT2D eigenvalue weighted by Gasteiger charge is -2.25. The van der Waals surface area contributed by atoms with E-state index < -0.39 is 0 Å². The van der Waals surface area contributed by atoms with E-state index in [1.807, 2.05) is 22.6 Å². The summed E-state index contributed by atoms with van der Waals surface area (Å²) in [6.07, 6.45) is 2.86. The van der Waals surface area contributed by atoms with E-state index in [-0.39, 0.29) is 5.78 Å². The molecule has 0 aromatic carbocycles. The fourth-order valence-corrected chi connectivity index (χ4v) is 2.31. The minimum atomic E-state index is 0.221. The van der Waals surface area contributed by atoms with Gasteiger partial charge >= 0.3 is 0 Å². The summed E-state index contributed by atoms with van der Waals surface area (Å²) in [5.74, 6) is 0.221. The molecule has 15 heavy (non-hydrogen) atoms. The molecular weight excluding hydrogens is 210 g/mol. The summed E-state index contributed by atoms with van der Waals surface area (Å²) < 4.78 is 0. The third-order valence-corrected chi connectivity index (χ3v) is 3.37. The van der Waals surface area contributed by atoms with Crippen LogP contribution in [0.25, 0.3) is 0 Å². The van der Waals surface area contributed by atoms with Crippen molar-refractivity contribution in [3.63, 3.8) is 0 Å². The number of nitrogens with zero attached hydrogens (tertiary/aromatic N) is 1. The lowest BCUT2D eigenvalue weighted by molar-refractivity contribution is -0.179. The molecule has 0 bridgehead atoms. The topological polar surface area (TPSA) is 29.5 Å². The van der Waals surface area contributed by atoms with Crippen LogP contribution in [0.5, 0.6) is 0 Å². The van der Waals surface area contributed by atoms with Crippen molar-refractivity contribution >= 4 is 17.1 Å². The van der Waals surface area contributed by atoms with Crippen molar-refractivity contribution in [2.75, 3.05) is 19.7 Å². The molecule has 0 saturated carbocycles. The number of rotatable bonds is 4. The van der Waals surface area contributed by atoms with Gasteiger partial charge in [0.05, 0.1) is 11.5 Å². The maximum Gasteiger partial charge on any atom is 0.174 e. The van der Waals surface area contributed by atoms with E-state index in [4.69, 9.17) is 4.84 Å². The molecule has 1 aromatic heterocycles. The van der Waals surface area contributed by atoms with Gasteiger partial charge in [-0.15, -0.1) is 11.3 Å². The number of ketones is 1. The normalized spacial score (nSPS) is 17.9. The van der Waals surface area contributed by atoms with Crippen LogP contribution in [0.1, 0.15) is 28.9 Å². The Hall–Kier alpha value is -0.710. The molecule has 1 aliphatic heterocycles. The number of Topliss-reactive ketones (excluding diaryl/α,β-unsaturated/α-hetero) is 1. The predicted molar refractivity (Wildman–Crippen MR) is 60.0 cm³/mol. The van der Waals surface area contributed by atoms with E-state index in [0.717, 1.165) is 31.0 Å². The van der Waals surface area contributed by atoms with E-state index in [9.17, 15) is 4.79 Å². The average molecular weight is 225 g/mol. The largest absolute Gasteiger partial charge is 0.299 e. The van der Waals surface area contributed by atoms with E-state index in [1.165, 1.54) is 17.8 Å². The Morgan fingerprint density at radius 3 is 3.13 bits per heavy atom. The highest BCUT2D eigenvalue weighted by atomic mass is 32.1. The monoisotopic (exact) mass is 225 g/mol. The smallest absolute Gasteiger partial charge is 0.174 e. The highest BCUT2D eigenvalue weighted by Gasteiger charge is 2.13. The van der Waals surface area contributed by atoms with Crippen LogP contribution in [0.3, 0.4) is 0 Å². The zero-order valence-corrected chi connectivity index (χ0v) is 9.46. The molecular formula is C11H15NO2S.